The maximum atomic E-state index is 11.7. The topological polar surface area (TPSA) is 125 Å². The molecule has 8 nitrogen and oxygen atoms in total. The molecule has 0 aliphatic heterocycles. The van der Waals surface area contributed by atoms with Crippen LogP contribution in [0.4, 0.5) is 5.82 Å². The molecule has 1 heterocycles. The van der Waals surface area contributed by atoms with E-state index in [1.54, 1.807) is 6.92 Å². The van der Waals surface area contributed by atoms with Crippen molar-refractivity contribution in [2.24, 2.45) is 5.41 Å². The van der Waals surface area contributed by atoms with Crippen LogP contribution >= 0.6 is 0 Å². The molecular formula is C11H15N3O5. The Morgan fingerprint density at radius 1 is 1.53 bits per heavy atom. The Morgan fingerprint density at radius 3 is 2.58 bits per heavy atom. The van der Waals surface area contributed by atoms with E-state index in [1.807, 2.05) is 0 Å². The minimum absolute atomic E-state index is 0.0236. The van der Waals surface area contributed by atoms with Gasteiger partial charge in [0, 0.05) is 12.6 Å². The van der Waals surface area contributed by atoms with E-state index in [9.17, 15) is 19.7 Å². The Hall–Kier alpha value is -2.38. The van der Waals surface area contributed by atoms with Crippen molar-refractivity contribution >= 4 is 17.7 Å². The molecule has 104 valence electrons. The summed E-state index contributed by atoms with van der Waals surface area (Å²) in [7, 11) is 0. The van der Waals surface area contributed by atoms with Gasteiger partial charge in [-0.15, -0.1) is 0 Å². The number of hydrogen-bond acceptors (Lipinski definition) is 4. The van der Waals surface area contributed by atoms with Crippen LogP contribution in [0.1, 0.15) is 30.8 Å². The van der Waals surface area contributed by atoms with E-state index >= 15 is 0 Å². The average molecular weight is 269 g/mol. The maximum absolute atomic E-state index is 11.7. The molecule has 1 amide bonds. The number of aromatic nitrogens is 1. The summed E-state index contributed by atoms with van der Waals surface area (Å²) in [5.41, 5.74) is -1.04. The number of aromatic amines is 1. The molecule has 3 N–H and O–H groups in total. The molecule has 1 unspecified atom stereocenters. The van der Waals surface area contributed by atoms with E-state index in [0.717, 1.165) is 0 Å². The Bertz CT molecular complexity index is 510. The molecule has 1 rings (SSSR count). The molecule has 19 heavy (non-hydrogen) atoms. The van der Waals surface area contributed by atoms with Crippen LogP contribution < -0.4 is 5.32 Å². The van der Waals surface area contributed by atoms with Gasteiger partial charge in [0.25, 0.3) is 5.91 Å². The summed E-state index contributed by atoms with van der Waals surface area (Å²) in [6.45, 7) is 3.18. The molecule has 1 aromatic rings. The third-order valence-electron chi connectivity index (χ3n) is 3.05. The monoisotopic (exact) mass is 269 g/mol. The lowest BCUT2D eigenvalue weighted by Gasteiger charge is -2.22. The van der Waals surface area contributed by atoms with Crippen molar-refractivity contribution < 1.29 is 19.6 Å². The predicted molar refractivity (Wildman–Crippen MR) is 65.8 cm³/mol. The number of nitrogens with zero attached hydrogens (tertiary/aromatic N) is 1. The summed E-state index contributed by atoms with van der Waals surface area (Å²) >= 11 is 0. The number of carbonyl (C=O) groups excluding carboxylic acids is 1. The van der Waals surface area contributed by atoms with E-state index in [0.29, 0.717) is 6.42 Å². The Labute approximate surface area is 109 Å². The third-order valence-corrected chi connectivity index (χ3v) is 3.05. The molecule has 0 fully saturated rings. The SMILES string of the molecule is CCC(C)(CNC(=O)c1ccc([N+](=O)[O-])[nH]1)C(=O)O. The van der Waals surface area contributed by atoms with Crippen LogP contribution in [-0.2, 0) is 4.79 Å². The fourth-order valence-electron chi connectivity index (χ4n) is 1.34. The summed E-state index contributed by atoms with van der Waals surface area (Å²) in [6.07, 6.45) is 0.355. The minimum Gasteiger partial charge on any atom is -0.481 e. The fraction of sp³-hybridized carbons (Fsp3) is 0.455. The fourth-order valence-corrected chi connectivity index (χ4v) is 1.34. The first kappa shape index (κ1) is 14.7. The number of carboxylic acid groups (broad SMARTS) is 1. The van der Waals surface area contributed by atoms with Crippen LogP contribution in [0.2, 0.25) is 0 Å². The zero-order valence-corrected chi connectivity index (χ0v) is 10.6. The van der Waals surface area contributed by atoms with Crippen LogP contribution in [0.25, 0.3) is 0 Å². The number of aliphatic carboxylic acids is 1. The molecule has 0 aliphatic rings. The van der Waals surface area contributed by atoms with Gasteiger partial charge in [0.15, 0.2) is 5.69 Å². The summed E-state index contributed by atoms with van der Waals surface area (Å²) in [4.78, 5) is 34.9. The van der Waals surface area contributed by atoms with Gasteiger partial charge in [-0.25, -0.2) is 4.98 Å². The standard InChI is InChI=1S/C11H15N3O5/c1-3-11(2,10(16)17)6-12-9(15)7-4-5-8(13-7)14(18)19/h4-5,13H,3,6H2,1-2H3,(H,12,15)(H,16,17). The molecule has 0 saturated heterocycles. The summed E-state index contributed by atoms with van der Waals surface area (Å²) in [5, 5.41) is 21.9. The van der Waals surface area contributed by atoms with Crippen molar-refractivity contribution in [3.63, 3.8) is 0 Å². The highest BCUT2D eigenvalue weighted by Gasteiger charge is 2.32. The van der Waals surface area contributed by atoms with Crippen LogP contribution in [0.3, 0.4) is 0 Å². The highest BCUT2D eigenvalue weighted by atomic mass is 16.6. The quantitative estimate of drug-likeness (QED) is 0.527. The average Bonchev–Trinajstić information content (AvgIpc) is 2.85. The molecule has 0 bridgehead atoms. The van der Waals surface area contributed by atoms with Gasteiger partial charge in [0.1, 0.15) is 0 Å². The second kappa shape index (κ2) is 5.51. The van der Waals surface area contributed by atoms with E-state index in [1.165, 1.54) is 19.1 Å². The van der Waals surface area contributed by atoms with Gasteiger partial charge >= 0.3 is 11.8 Å². The van der Waals surface area contributed by atoms with E-state index < -0.39 is 22.2 Å². The van der Waals surface area contributed by atoms with Gasteiger partial charge in [-0.3, -0.25) is 9.59 Å². The van der Waals surface area contributed by atoms with Crippen molar-refractivity contribution in [2.45, 2.75) is 20.3 Å². The van der Waals surface area contributed by atoms with Gasteiger partial charge in [-0.1, -0.05) is 6.92 Å². The maximum Gasteiger partial charge on any atom is 0.321 e. The summed E-state index contributed by atoms with van der Waals surface area (Å²) in [6, 6.07) is 2.45. The number of H-pyrrole nitrogens is 1. The van der Waals surface area contributed by atoms with Crippen LogP contribution in [0.15, 0.2) is 12.1 Å². The molecule has 0 aliphatic carbocycles. The first-order valence-electron chi connectivity index (χ1n) is 5.65. The smallest absolute Gasteiger partial charge is 0.321 e. The Morgan fingerprint density at radius 2 is 2.16 bits per heavy atom. The van der Waals surface area contributed by atoms with E-state index in [-0.39, 0.29) is 18.1 Å². The second-order valence-corrected chi connectivity index (χ2v) is 4.42. The van der Waals surface area contributed by atoms with E-state index in [2.05, 4.69) is 10.3 Å². The number of hydrogen-bond donors (Lipinski definition) is 3. The summed E-state index contributed by atoms with van der Waals surface area (Å²) in [5.74, 6) is -1.87. The van der Waals surface area contributed by atoms with E-state index in [4.69, 9.17) is 5.11 Å². The lowest BCUT2D eigenvalue weighted by molar-refractivity contribution is -0.389. The normalized spacial score (nSPS) is 13.6. The van der Waals surface area contributed by atoms with Gasteiger partial charge in [0.2, 0.25) is 0 Å². The van der Waals surface area contributed by atoms with Gasteiger partial charge in [-0.2, -0.15) is 0 Å². The zero-order chi connectivity index (χ0) is 14.6. The first-order valence-corrected chi connectivity index (χ1v) is 5.65. The summed E-state index contributed by atoms with van der Waals surface area (Å²) < 4.78 is 0. The zero-order valence-electron chi connectivity index (χ0n) is 10.6. The molecule has 0 aromatic carbocycles. The minimum atomic E-state index is -1.06. The number of nitrogens with one attached hydrogen (secondary N) is 2. The van der Waals surface area contributed by atoms with Gasteiger partial charge < -0.3 is 20.5 Å². The molecular weight excluding hydrogens is 254 g/mol. The number of amides is 1. The van der Waals surface area contributed by atoms with Crippen molar-refractivity contribution in [1.29, 1.82) is 0 Å². The number of carbonyl (C=O) groups is 2. The molecule has 1 atom stereocenters. The number of rotatable bonds is 6. The van der Waals surface area contributed by atoms with Crippen molar-refractivity contribution in [2.75, 3.05) is 6.54 Å². The Kier molecular flexibility index (Phi) is 4.26. The predicted octanol–water partition coefficient (Wildman–Crippen LogP) is 1.15. The van der Waals surface area contributed by atoms with Gasteiger partial charge in [-0.05, 0) is 24.3 Å². The van der Waals surface area contributed by atoms with Crippen LogP contribution in [-0.4, -0.2) is 33.4 Å². The highest BCUT2D eigenvalue weighted by Crippen LogP contribution is 2.20. The molecule has 0 saturated carbocycles. The van der Waals surface area contributed by atoms with Crippen molar-refractivity contribution in [1.82, 2.24) is 10.3 Å². The molecule has 0 spiro atoms. The highest BCUT2D eigenvalue weighted by molar-refractivity contribution is 5.93. The van der Waals surface area contributed by atoms with Crippen molar-refractivity contribution in [3.05, 3.63) is 27.9 Å². The molecule has 8 heteroatoms. The largest absolute Gasteiger partial charge is 0.481 e. The first-order chi connectivity index (χ1) is 8.80. The van der Waals surface area contributed by atoms with Gasteiger partial charge in [0.05, 0.1) is 5.41 Å². The Balaban J connectivity index is 2.69. The molecule has 1 aromatic heterocycles. The van der Waals surface area contributed by atoms with Crippen molar-refractivity contribution in [3.8, 4) is 0 Å². The number of nitro groups is 1. The molecule has 0 radical (unpaired) electrons. The third kappa shape index (κ3) is 3.30. The second-order valence-electron chi connectivity index (χ2n) is 4.42. The van der Waals surface area contributed by atoms with Crippen LogP contribution in [0.5, 0.6) is 0 Å². The number of carboxylic acids is 1. The van der Waals surface area contributed by atoms with Crippen LogP contribution in [0, 0.1) is 15.5 Å². The lowest BCUT2D eigenvalue weighted by atomic mass is 9.88. The lowest BCUT2D eigenvalue weighted by Crippen LogP contribution is -2.40.